The Morgan fingerprint density at radius 3 is 1.84 bits per heavy atom. The summed E-state index contributed by atoms with van der Waals surface area (Å²) in [5.41, 5.74) is 7.91. The van der Waals surface area contributed by atoms with Crippen molar-refractivity contribution >= 4 is 17.4 Å². The molecule has 10 rings (SSSR count). The van der Waals surface area contributed by atoms with Crippen molar-refractivity contribution < 1.29 is 33.5 Å². The highest BCUT2D eigenvalue weighted by Gasteiger charge is 2.62. The molecule has 0 aromatic carbocycles. The van der Waals surface area contributed by atoms with Gasteiger partial charge in [0.15, 0.2) is 12.0 Å². The molecule has 7 aliphatic rings. The van der Waals surface area contributed by atoms with Gasteiger partial charge < -0.3 is 38.9 Å². The Morgan fingerprint density at radius 1 is 0.760 bits per heavy atom. The zero-order chi connectivity index (χ0) is 53.1. The van der Waals surface area contributed by atoms with Crippen LogP contribution in [0, 0.1) is 61.0 Å². The lowest BCUT2D eigenvalue weighted by Gasteiger charge is -2.54. The van der Waals surface area contributed by atoms with Crippen molar-refractivity contribution in [3.8, 4) is 11.8 Å². The van der Waals surface area contributed by atoms with Gasteiger partial charge in [0.05, 0.1) is 38.4 Å². The molecular weight excluding hydrogens is 949 g/mol. The second-order valence-electron chi connectivity index (χ2n) is 22.9. The van der Waals surface area contributed by atoms with E-state index in [1.165, 1.54) is 23.7 Å². The van der Waals surface area contributed by atoms with Crippen LogP contribution in [-0.4, -0.2) is 88.3 Å². The molecular formula is C58H86N10O7. The third kappa shape index (κ3) is 10.1. The molecule has 3 aromatic heterocycles. The van der Waals surface area contributed by atoms with E-state index >= 15 is 0 Å². The SMILES string of the molecule is C.C.C.CNO.COc1nc(C)nc2c1CC[C@H]1C(C)(C)c3oncc3C[C@]21C.[C-]#[N+]C1=C[C@]2(C)c3nc(C)nc(OC)c3CC[C@H]2C(C)(C)C1=O.[C-]#[N+]C1C[C@]2(C)C3=C(CC[C@H]2C(C)(C)C1=O)C(OC)N=C(C)N3. The maximum atomic E-state index is 12.7. The van der Waals surface area contributed by atoms with Gasteiger partial charge in [0, 0.05) is 81.0 Å². The molecule has 6 aliphatic carbocycles. The number of Topliss-reactive ketones (excluding diaryl/α,β-unsaturated/α-hetero) is 2. The van der Waals surface area contributed by atoms with Gasteiger partial charge in [-0.05, 0) is 83.5 Å². The van der Waals surface area contributed by atoms with Crippen LogP contribution in [0.2, 0.25) is 0 Å². The smallest absolute Gasteiger partial charge is 0.282 e. The van der Waals surface area contributed by atoms with Gasteiger partial charge >= 0.3 is 0 Å². The fourth-order valence-electron chi connectivity index (χ4n) is 14.4. The predicted octanol–water partition coefficient (Wildman–Crippen LogP) is 10.6. The number of hydroxylamine groups is 1. The van der Waals surface area contributed by atoms with Gasteiger partial charge in [-0.3, -0.25) is 4.79 Å². The van der Waals surface area contributed by atoms with Gasteiger partial charge in [-0.25, -0.2) is 31.9 Å². The minimum Gasteiger partial charge on any atom is -0.481 e. The van der Waals surface area contributed by atoms with E-state index in [9.17, 15) is 9.59 Å². The Morgan fingerprint density at radius 2 is 1.29 bits per heavy atom. The molecule has 75 heavy (non-hydrogen) atoms. The fraction of sp³-hybridized carbons (Fsp3) is 0.655. The normalized spacial score (nSPS) is 29.3. The minimum absolute atomic E-state index is 0. The summed E-state index contributed by atoms with van der Waals surface area (Å²) in [6, 6.07) is -0.555. The topological polar surface area (TPSA) is 205 Å². The molecule has 1 saturated carbocycles. The van der Waals surface area contributed by atoms with Crippen LogP contribution in [-0.2, 0) is 49.8 Å². The predicted molar refractivity (Wildman–Crippen MR) is 291 cm³/mol. The second-order valence-corrected chi connectivity index (χ2v) is 22.9. The van der Waals surface area contributed by atoms with Crippen LogP contribution in [0.5, 0.6) is 11.8 Å². The molecule has 0 radical (unpaired) electrons. The lowest BCUT2D eigenvalue weighted by molar-refractivity contribution is -0.140. The average molecular weight is 1040 g/mol. The summed E-state index contributed by atoms with van der Waals surface area (Å²) in [5.74, 6) is 5.50. The quantitative estimate of drug-likeness (QED) is 0.165. The summed E-state index contributed by atoms with van der Waals surface area (Å²) in [6.07, 6.45) is 10.4. The van der Waals surface area contributed by atoms with Crippen LogP contribution in [0.4, 0.5) is 0 Å². The highest BCUT2D eigenvalue weighted by molar-refractivity contribution is 6.02. The number of amidine groups is 1. The molecule has 1 fully saturated rings. The van der Waals surface area contributed by atoms with Gasteiger partial charge in [-0.1, -0.05) is 95.8 Å². The number of aromatic nitrogens is 5. The molecule has 0 spiro atoms. The van der Waals surface area contributed by atoms with Crippen molar-refractivity contribution in [2.45, 2.75) is 185 Å². The molecule has 410 valence electrons. The first-order valence-corrected chi connectivity index (χ1v) is 25.0. The van der Waals surface area contributed by atoms with Crippen LogP contribution in [0.3, 0.4) is 0 Å². The number of ketones is 2. The van der Waals surface area contributed by atoms with E-state index in [1.807, 2.05) is 60.7 Å². The molecule has 0 bridgehead atoms. The summed E-state index contributed by atoms with van der Waals surface area (Å²) < 4.78 is 22.2. The largest absolute Gasteiger partial charge is 0.481 e. The van der Waals surface area contributed by atoms with Gasteiger partial charge in [0.1, 0.15) is 23.2 Å². The number of nitrogens with one attached hydrogen (secondary N) is 2. The summed E-state index contributed by atoms with van der Waals surface area (Å²) in [6.45, 7) is 39.7. The number of methoxy groups -OCH3 is 3. The second kappa shape index (κ2) is 22.4. The first-order chi connectivity index (χ1) is 33.8. The first kappa shape index (κ1) is 61.7. The molecule has 17 heteroatoms. The molecule has 1 aliphatic heterocycles. The lowest BCUT2D eigenvalue weighted by Crippen LogP contribution is -2.58. The third-order valence-corrected chi connectivity index (χ3v) is 17.4. The highest BCUT2D eigenvalue weighted by Crippen LogP contribution is 2.60. The first-order valence-electron chi connectivity index (χ1n) is 25.0. The summed E-state index contributed by atoms with van der Waals surface area (Å²) >= 11 is 0. The van der Waals surface area contributed by atoms with Crippen molar-refractivity contribution in [3.63, 3.8) is 0 Å². The van der Waals surface area contributed by atoms with Gasteiger partial charge in [0.2, 0.25) is 23.2 Å². The summed E-state index contributed by atoms with van der Waals surface area (Å²) in [5, 5.41) is 14.8. The Kier molecular flexibility index (Phi) is 18.4. The average Bonchev–Trinajstić information content (AvgIpc) is 3.81. The summed E-state index contributed by atoms with van der Waals surface area (Å²) in [7, 11) is 6.42. The van der Waals surface area contributed by atoms with Crippen molar-refractivity contribution in [2.75, 3.05) is 28.4 Å². The molecule has 3 N–H and O–H groups in total. The number of carbonyl (C=O) groups excluding carboxylic acids is 2. The van der Waals surface area contributed by atoms with Crippen LogP contribution in [0.25, 0.3) is 9.69 Å². The van der Waals surface area contributed by atoms with Crippen molar-refractivity contribution in [2.24, 2.45) is 39.0 Å². The molecule has 3 aromatic rings. The highest BCUT2D eigenvalue weighted by atomic mass is 16.5. The summed E-state index contributed by atoms with van der Waals surface area (Å²) in [4.78, 5) is 55.4. The molecule has 8 atom stereocenters. The molecule has 0 saturated heterocycles. The number of aliphatic imine (C=N–C) groups is 1. The maximum Gasteiger partial charge on any atom is 0.282 e. The minimum atomic E-state index is -0.576. The molecule has 4 heterocycles. The van der Waals surface area contributed by atoms with E-state index in [0.29, 0.717) is 24.0 Å². The molecule has 17 nitrogen and oxygen atoms in total. The van der Waals surface area contributed by atoms with Crippen LogP contribution in [0.1, 0.15) is 169 Å². The van der Waals surface area contributed by atoms with Crippen LogP contribution >= 0.6 is 0 Å². The van der Waals surface area contributed by atoms with E-state index in [-0.39, 0.29) is 73.9 Å². The van der Waals surface area contributed by atoms with E-state index < -0.39 is 22.3 Å². The number of carbonyl (C=O) groups is 2. The number of ether oxygens (including phenoxy) is 3. The van der Waals surface area contributed by atoms with E-state index in [2.05, 4.69) is 74.7 Å². The van der Waals surface area contributed by atoms with Crippen molar-refractivity contribution in [3.05, 3.63) is 97.6 Å². The number of rotatable bonds is 3. The third-order valence-electron chi connectivity index (χ3n) is 17.4. The number of allylic oxidation sites excluding steroid dienone is 3. The van der Waals surface area contributed by atoms with E-state index in [0.717, 1.165) is 90.9 Å². The fourth-order valence-corrected chi connectivity index (χ4v) is 14.4. The number of aryl methyl sites for hydroxylation is 2. The Balaban J connectivity index is 0.000000232. The van der Waals surface area contributed by atoms with Crippen molar-refractivity contribution in [1.82, 2.24) is 35.9 Å². The zero-order valence-electron chi connectivity index (χ0n) is 45.2. The maximum absolute atomic E-state index is 12.7. The molecule has 2 unspecified atom stereocenters. The van der Waals surface area contributed by atoms with Crippen molar-refractivity contribution in [1.29, 1.82) is 0 Å². The van der Waals surface area contributed by atoms with Gasteiger partial charge in [-0.15, -0.1) is 0 Å². The van der Waals surface area contributed by atoms with Crippen LogP contribution in [0.15, 0.2) is 38.8 Å². The van der Waals surface area contributed by atoms with E-state index in [1.54, 1.807) is 26.8 Å². The zero-order valence-corrected chi connectivity index (χ0v) is 45.2. The Labute approximate surface area is 447 Å². The Bertz CT molecular complexity index is 2830. The van der Waals surface area contributed by atoms with E-state index in [4.69, 9.17) is 42.1 Å². The van der Waals surface area contributed by atoms with Gasteiger partial charge in [0.25, 0.3) is 6.04 Å². The van der Waals surface area contributed by atoms with Gasteiger partial charge in [-0.2, -0.15) is 9.97 Å². The lowest BCUT2D eigenvalue weighted by atomic mass is 9.50. The standard InChI is InChI=1S/C18H23N3O2.C18H25N3O2.C18H21N3O2.CH5NO.3CH4/c1-10-20-14-12(16(21-10)22-5)6-7-13-17(2,3)15-11(9-19-23-15)8-18(13,14)4;2*1-10-20-14-11(16(21-10)23-6)7-8-13-17(2,3)15(22)12(19-5)9-18(13,14)4;1-2-3;;;/h9,13H,6-8H2,1-5H3;12-13,16H,7-9H2,1-4,6H3,(H,20,21);9,13H,7-8H2,1-4,6H3;2-3H,1H3;3*1H4/t13-,18-;12?,13-,16?,18-;13-,18-;;;;/m000..../s1. The monoisotopic (exact) mass is 1030 g/mol. The number of hydrogen-bond donors (Lipinski definition) is 3. The van der Waals surface area contributed by atoms with Crippen LogP contribution < -0.4 is 20.3 Å². The number of nitrogens with zero attached hydrogens (tertiary/aromatic N) is 8. The Hall–Kier alpha value is -5.88. The molecule has 0 amide bonds. The number of fused-ring (bicyclic) bond motifs is 9. The number of hydrogen-bond acceptors (Lipinski definition) is 15.